The molecule has 3 heteroatoms. The third kappa shape index (κ3) is 8.33. The Morgan fingerprint density at radius 3 is 2.29 bits per heavy atom. The largest absolute Gasteiger partial charge is 0.466 e. The fraction of sp³-hybridized carbons (Fsp3) is 0.844. The Labute approximate surface area is 296 Å². The van der Waals surface area contributed by atoms with Gasteiger partial charge in [-0.15, -0.1) is 0 Å². The molecule has 0 spiro atoms. The lowest BCUT2D eigenvalue weighted by atomic mass is 9.47. The Balaban J connectivity index is 1.01. The number of esters is 1. The normalized spacial score (nSPS) is 32.0. The lowest BCUT2D eigenvalue weighted by molar-refractivity contribution is -0.151. The molecule has 5 rings (SSSR count). The number of furan rings is 1. The van der Waals surface area contributed by atoms with Gasteiger partial charge in [0.1, 0.15) is 17.6 Å². The van der Waals surface area contributed by atoms with Crippen molar-refractivity contribution in [3.63, 3.8) is 0 Å². The van der Waals surface area contributed by atoms with Gasteiger partial charge in [0, 0.05) is 25.7 Å². The van der Waals surface area contributed by atoms with Crippen molar-refractivity contribution in [2.45, 2.75) is 196 Å². The van der Waals surface area contributed by atoms with Gasteiger partial charge in [0.15, 0.2) is 0 Å². The maximum Gasteiger partial charge on any atom is 0.306 e. The molecule has 8 unspecified atom stereocenters. The van der Waals surface area contributed by atoms with E-state index in [9.17, 15) is 4.79 Å². The van der Waals surface area contributed by atoms with E-state index in [0.29, 0.717) is 17.3 Å². The molecule has 3 fully saturated rings. The van der Waals surface area contributed by atoms with Gasteiger partial charge >= 0.3 is 5.97 Å². The van der Waals surface area contributed by atoms with Crippen molar-refractivity contribution in [3.8, 4) is 0 Å². The third-order valence-electron chi connectivity index (χ3n) is 14.7. The molecule has 1 aromatic rings. The van der Waals surface area contributed by atoms with Gasteiger partial charge in [0.25, 0.3) is 0 Å². The first kappa shape index (κ1) is 37.7. The van der Waals surface area contributed by atoms with Crippen molar-refractivity contribution in [1.82, 2.24) is 0 Å². The summed E-state index contributed by atoms with van der Waals surface area (Å²) in [6, 6.07) is 0. The van der Waals surface area contributed by atoms with E-state index in [4.69, 9.17) is 9.15 Å². The van der Waals surface area contributed by atoms with E-state index in [1.54, 1.807) is 5.57 Å². The van der Waals surface area contributed by atoms with Crippen molar-refractivity contribution < 1.29 is 13.9 Å². The molecule has 0 bridgehead atoms. The summed E-state index contributed by atoms with van der Waals surface area (Å²) in [4.78, 5) is 12.9. The second-order valence-electron chi connectivity index (χ2n) is 18.2. The molecule has 0 N–H and O–H groups in total. The highest BCUT2D eigenvalue weighted by atomic mass is 16.5. The Kier molecular flexibility index (Phi) is 13.1. The Morgan fingerprint density at radius 1 is 0.854 bits per heavy atom. The van der Waals surface area contributed by atoms with Crippen molar-refractivity contribution >= 4 is 5.97 Å². The van der Waals surface area contributed by atoms with Crippen LogP contribution in [0, 0.1) is 60.2 Å². The Morgan fingerprint density at radius 2 is 1.56 bits per heavy atom. The summed E-state index contributed by atoms with van der Waals surface area (Å²) < 4.78 is 12.3. The van der Waals surface area contributed by atoms with Gasteiger partial charge in [0.2, 0.25) is 0 Å². The first-order valence-electron chi connectivity index (χ1n) is 20.9. The van der Waals surface area contributed by atoms with E-state index in [-0.39, 0.29) is 12.1 Å². The summed E-state index contributed by atoms with van der Waals surface area (Å²) in [5.74, 6) is 7.65. The van der Waals surface area contributed by atoms with Crippen LogP contribution in [0.15, 0.2) is 16.1 Å². The molecule has 0 aromatic carbocycles. The highest BCUT2D eigenvalue weighted by molar-refractivity contribution is 5.69. The average Bonchev–Trinajstić information content (AvgIpc) is 3.54. The fourth-order valence-corrected chi connectivity index (χ4v) is 11.7. The fourth-order valence-electron chi connectivity index (χ4n) is 11.7. The SMILES string of the molecule is CCCc1oc(CCCCCCCCC(=O)OC2CCC3(C)C(=CCC4C3CCC3(C)C(C(C)CCCC(C)C)CCC43)C2)c(C)c1C. The highest BCUT2D eigenvalue weighted by Gasteiger charge is 2.59. The predicted molar refractivity (Wildman–Crippen MR) is 201 cm³/mol. The van der Waals surface area contributed by atoms with Crippen molar-refractivity contribution in [2.75, 3.05) is 0 Å². The summed E-state index contributed by atoms with van der Waals surface area (Å²) in [7, 11) is 0. The van der Waals surface area contributed by atoms with Crippen LogP contribution in [-0.2, 0) is 22.4 Å². The zero-order chi connectivity index (χ0) is 34.5. The molecule has 8 atom stereocenters. The van der Waals surface area contributed by atoms with Crippen molar-refractivity contribution in [3.05, 3.63) is 34.3 Å². The minimum absolute atomic E-state index is 0.0392. The smallest absolute Gasteiger partial charge is 0.306 e. The number of rotatable bonds is 17. The first-order valence-corrected chi connectivity index (χ1v) is 20.9. The van der Waals surface area contributed by atoms with Gasteiger partial charge in [-0.1, -0.05) is 98.1 Å². The number of fused-ring (bicyclic) bond motifs is 5. The first-order chi connectivity index (χ1) is 23.0. The molecule has 1 heterocycles. The number of carbonyl (C=O) groups excluding carboxylic acids is 1. The molecule has 1 aromatic heterocycles. The molecule has 3 saturated carbocycles. The number of carbonyl (C=O) groups is 1. The molecule has 0 radical (unpaired) electrons. The molecule has 4 aliphatic rings. The summed E-state index contributed by atoms with van der Waals surface area (Å²) >= 11 is 0. The summed E-state index contributed by atoms with van der Waals surface area (Å²) in [5.41, 5.74) is 5.22. The van der Waals surface area contributed by atoms with Crippen LogP contribution in [0.25, 0.3) is 0 Å². The van der Waals surface area contributed by atoms with Crippen molar-refractivity contribution in [2.24, 2.45) is 46.3 Å². The van der Waals surface area contributed by atoms with Crippen LogP contribution in [0.2, 0.25) is 0 Å². The molecular weight excluding hydrogens is 588 g/mol. The maximum absolute atomic E-state index is 12.9. The van der Waals surface area contributed by atoms with Crippen LogP contribution >= 0.6 is 0 Å². The second kappa shape index (κ2) is 16.7. The molecule has 3 nitrogen and oxygen atoms in total. The standard InChI is InChI=1S/C45H74O3/c1-9-17-41-33(5)34(6)42(48-41)20-14-12-10-11-13-15-21-43(46)47-36-26-28-44(7)35(30-36)22-23-37-39-25-24-38(32(4)19-16-18-31(2)3)45(39,8)29-27-40(37)44/h22,31-32,36-40H,9-21,23-30H2,1-8H3. The Bertz CT molecular complexity index is 1220. The number of unbranched alkanes of at least 4 members (excludes halogenated alkanes) is 5. The molecule has 0 saturated heterocycles. The predicted octanol–water partition coefficient (Wildman–Crippen LogP) is 13.1. The third-order valence-corrected chi connectivity index (χ3v) is 14.7. The minimum Gasteiger partial charge on any atom is -0.466 e. The van der Waals surface area contributed by atoms with Gasteiger partial charge in [-0.3, -0.25) is 4.79 Å². The van der Waals surface area contributed by atoms with E-state index in [2.05, 4.69) is 61.5 Å². The molecule has 48 heavy (non-hydrogen) atoms. The second-order valence-corrected chi connectivity index (χ2v) is 18.2. The Hall–Kier alpha value is -1.51. The average molecular weight is 663 g/mol. The van der Waals surface area contributed by atoms with E-state index in [1.165, 1.54) is 106 Å². The number of hydrogen-bond acceptors (Lipinski definition) is 3. The summed E-state index contributed by atoms with van der Waals surface area (Å²) in [6.07, 6.45) is 28.0. The molecular formula is C45H74O3. The van der Waals surface area contributed by atoms with Gasteiger partial charge in [0.05, 0.1) is 0 Å². The lowest BCUT2D eigenvalue weighted by Crippen LogP contribution is -2.51. The van der Waals surface area contributed by atoms with Gasteiger partial charge in [-0.2, -0.15) is 0 Å². The van der Waals surface area contributed by atoms with E-state index < -0.39 is 0 Å². The van der Waals surface area contributed by atoms with Crippen LogP contribution in [0.4, 0.5) is 0 Å². The lowest BCUT2D eigenvalue weighted by Gasteiger charge is -2.58. The van der Waals surface area contributed by atoms with Gasteiger partial charge < -0.3 is 9.15 Å². The topological polar surface area (TPSA) is 39.4 Å². The van der Waals surface area contributed by atoms with Gasteiger partial charge in [-0.25, -0.2) is 0 Å². The van der Waals surface area contributed by atoms with Gasteiger partial charge in [-0.05, 0) is 136 Å². The van der Waals surface area contributed by atoms with Crippen LogP contribution < -0.4 is 0 Å². The number of ether oxygens (including phenoxy) is 1. The van der Waals surface area contributed by atoms with E-state index in [0.717, 1.165) is 80.5 Å². The van der Waals surface area contributed by atoms with E-state index >= 15 is 0 Å². The minimum atomic E-state index is 0.0392. The maximum atomic E-state index is 12.9. The quantitative estimate of drug-likeness (QED) is 0.0946. The number of allylic oxidation sites excluding steroid dienone is 1. The monoisotopic (exact) mass is 663 g/mol. The number of hydrogen-bond donors (Lipinski definition) is 0. The zero-order valence-electron chi connectivity index (χ0n) is 32.7. The molecule has 4 aliphatic carbocycles. The highest BCUT2D eigenvalue weighted by Crippen LogP contribution is 2.67. The molecule has 0 aliphatic heterocycles. The summed E-state index contributed by atoms with van der Waals surface area (Å²) in [5, 5.41) is 0. The zero-order valence-corrected chi connectivity index (χ0v) is 32.7. The van der Waals surface area contributed by atoms with Crippen LogP contribution in [0.5, 0.6) is 0 Å². The molecule has 0 amide bonds. The van der Waals surface area contributed by atoms with Crippen LogP contribution in [0.3, 0.4) is 0 Å². The van der Waals surface area contributed by atoms with Crippen LogP contribution in [-0.4, -0.2) is 12.1 Å². The van der Waals surface area contributed by atoms with Crippen molar-refractivity contribution in [1.29, 1.82) is 0 Å². The van der Waals surface area contributed by atoms with Crippen LogP contribution in [0.1, 0.15) is 186 Å². The number of aryl methyl sites for hydroxylation is 2. The summed E-state index contributed by atoms with van der Waals surface area (Å²) in [6.45, 7) is 19.3. The van der Waals surface area contributed by atoms with E-state index in [1.807, 2.05) is 0 Å². The molecule has 272 valence electrons.